The summed E-state index contributed by atoms with van der Waals surface area (Å²) in [6, 6.07) is 0. The topological polar surface area (TPSA) is 127 Å². The molecule has 0 heterocycles. The van der Waals surface area contributed by atoms with Crippen molar-refractivity contribution in [3.8, 4) is 0 Å². The molecular formula is C2H14N4O2P2. The summed E-state index contributed by atoms with van der Waals surface area (Å²) in [5, 5.41) is 2.22. The van der Waals surface area contributed by atoms with Gasteiger partial charge in [0.2, 0.25) is 0 Å². The molecule has 0 aromatic rings. The van der Waals surface area contributed by atoms with Crippen LogP contribution >= 0.6 is 15.9 Å². The zero-order valence-corrected chi connectivity index (χ0v) is 7.77. The minimum atomic E-state index is -2.90. The van der Waals surface area contributed by atoms with Gasteiger partial charge in [0.25, 0.3) is 7.59 Å². The normalized spacial score (nSPS) is 13.4. The first-order chi connectivity index (χ1) is 4.29. The van der Waals surface area contributed by atoms with Crippen molar-refractivity contribution < 1.29 is 9.46 Å². The maximum atomic E-state index is 10.0. The van der Waals surface area contributed by atoms with E-state index in [1.165, 1.54) is 7.05 Å². The highest BCUT2D eigenvalue weighted by Gasteiger charge is 1.98. The lowest BCUT2D eigenvalue weighted by atomic mass is 11.6. The summed E-state index contributed by atoms with van der Waals surface area (Å²) in [6.07, 6.45) is 0. The Morgan fingerprint density at radius 3 is 1.70 bits per heavy atom. The van der Waals surface area contributed by atoms with Crippen LogP contribution in [0.15, 0.2) is 0 Å². The predicted octanol–water partition coefficient (Wildman–Crippen LogP) is -0.890. The Morgan fingerprint density at radius 2 is 1.70 bits per heavy atom. The number of hydrogen-bond donors (Lipinski definition) is 5. The van der Waals surface area contributed by atoms with Crippen molar-refractivity contribution in [2.24, 2.45) is 16.5 Å². The Hall–Kier alpha value is 0.460. The fourth-order valence-electron chi connectivity index (χ4n) is 0. The first-order valence-electron chi connectivity index (χ1n) is 2.33. The zero-order valence-electron chi connectivity index (χ0n) is 5.98. The van der Waals surface area contributed by atoms with E-state index in [1.54, 1.807) is 6.66 Å². The van der Waals surface area contributed by atoms with Gasteiger partial charge in [-0.15, -0.1) is 0 Å². The van der Waals surface area contributed by atoms with E-state index in [2.05, 4.69) is 5.09 Å². The molecule has 8 N–H and O–H groups in total. The molecule has 10 heavy (non-hydrogen) atoms. The van der Waals surface area contributed by atoms with E-state index >= 15 is 0 Å². The molecule has 0 amide bonds. The third-order valence-electron chi connectivity index (χ3n) is 0.349. The van der Waals surface area contributed by atoms with Crippen molar-refractivity contribution in [2.45, 2.75) is 0 Å². The maximum absolute atomic E-state index is 10.0. The van der Waals surface area contributed by atoms with Crippen molar-refractivity contribution >= 4 is 15.9 Å². The van der Waals surface area contributed by atoms with E-state index in [0.29, 0.717) is 0 Å². The fraction of sp³-hybridized carbons (Fsp3) is 1.00. The summed E-state index contributed by atoms with van der Waals surface area (Å²) < 4.78 is 10.0. The highest BCUT2D eigenvalue weighted by atomic mass is 31.2. The van der Waals surface area contributed by atoms with Crippen LogP contribution in [0.2, 0.25) is 0 Å². The van der Waals surface area contributed by atoms with Gasteiger partial charge < -0.3 is 4.89 Å². The molecule has 1 atom stereocenters. The molecule has 0 aliphatic carbocycles. The summed E-state index contributed by atoms with van der Waals surface area (Å²) in [5.41, 5.74) is 14.2. The van der Waals surface area contributed by atoms with Crippen LogP contribution in [-0.4, -0.2) is 18.6 Å². The molecule has 0 fully saturated rings. The minimum absolute atomic E-state index is 1.12. The van der Waals surface area contributed by atoms with Gasteiger partial charge in [0, 0.05) is 0 Å². The largest absolute Gasteiger partial charge is 0.359 e. The smallest absolute Gasteiger partial charge is 0.273 e. The van der Waals surface area contributed by atoms with E-state index in [4.69, 9.17) is 21.4 Å². The fourth-order valence-corrected chi connectivity index (χ4v) is 0. The molecule has 0 saturated heterocycles. The van der Waals surface area contributed by atoms with Crippen LogP contribution in [0.3, 0.4) is 0 Å². The quantitative estimate of drug-likeness (QED) is 0.339. The summed E-state index contributed by atoms with van der Waals surface area (Å²) in [5.74, 6) is 0. The summed E-state index contributed by atoms with van der Waals surface area (Å²) in [6.45, 7) is 1.56. The lowest BCUT2D eigenvalue weighted by Crippen LogP contribution is -2.17. The van der Waals surface area contributed by atoms with Gasteiger partial charge in [-0.05, 0) is 13.7 Å². The summed E-state index contributed by atoms with van der Waals surface area (Å²) in [4.78, 5) is 7.90. The van der Waals surface area contributed by atoms with E-state index in [-0.39, 0.29) is 0 Å². The maximum Gasteiger partial charge on any atom is 0.273 e. The molecule has 6 nitrogen and oxygen atoms in total. The Bertz CT molecular complexity index is 109. The average Bonchev–Trinajstić information content (AvgIpc) is 1.63. The van der Waals surface area contributed by atoms with Gasteiger partial charge >= 0.3 is 0 Å². The zero-order chi connectivity index (χ0) is 8.78. The van der Waals surface area contributed by atoms with E-state index in [9.17, 15) is 4.57 Å². The molecular weight excluding hydrogens is 174 g/mol. The molecule has 0 aliphatic rings. The van der Waals surface area contributed by atoms with E-state index in [1.807, 2.05) is 0 Å². The van der Waals surface area contributed by atoms with Crippen molar-refractivity contribution in [1.82, 2.24) is 5.09 Å². The second-order valence-corrected chi connectivity index (χ2v) is 4.52. The van der Waals surface area contributed by atoms with Crippen LogP contribution in [-0.2, 0) is 4.57 Å². The van der Waals surface area contributed by atoms with Crippen LogP contribution in [0.5, 0.6) is 0 Å². The number of nitrogens with two attached hydrogens (primary N) is 3. The van der Waals surface area contributed by atoms with Crippen LogP contribution in [0, 0.1) is 0 Å². The van der Waals surface area contributed by atoms with Crippen LogP contribution in [0.4, 0.5) is 0 Å². The van der Waals surface area contributed by atoms with Gasteiger partial charge in [-0.3, -0.25) is 21.1 Å². The molecule has 64 valence electrons. The molecule has 0 aromatic heterocycles. The number of rotatable bonds is 1. The molecule has 0 bridgehead atoms. The third kappa shape index (κ3) is 39.3. The SMILES string of the molecule is CNP(N)(N)=O.CP(N)O. The summed E-state index contributed by atoms with van der Waals surface area (Å²) in [7, 11) is -2.57. The van der Waals surface area contributed by atoms with Gasteiger partial charge in [-0.25, -0.2) is 5.09 Å². The molecule has 0 aliphatic heterocycles. The van der Waals surface area contributed by atoms with Gasteiger partial charge in [-0.2, -0.15) is 0 Å². The standard InChI is InChI=1S/CH8N3OP.CH6NOP/c1-4-6(2,3)5;1-4(2)3/h1H3,(H5,2,3,4,5);3H,2H2,1H3. The lowest BCUT2D eigenvalue weighted by Gasteiger charge is -1.98. The predicted molar refractivity (Wildman–Crippen MR) is 44.3 cm³/mol. The van der Waals surface area contributed by atoms with Crippen LogP contribution in [0.1, 0.15) is 0 Å². The molecule has 0 radical (unpaired) electrons. The highest BCUT2D eigenvalue weighted by molar-refractivity contribution is 7.56. The lowest BCUT2D eigenvalue weighted by molar-refractivity contribution is 0.571. The second-order valence-electron chi connectivity index (χ2n) is 1.51. The van der Waals surface area contributed by atoms with Crippen molar-refractivity contribution in [3.63, 3.8) is 0 Å². The van der Waals surface area contributed by atoms with Gasteiger partial charge in [0.1, 0.15) is 0 Å². The van der Waals surface area contributed by atoms with Gasteiger partial charge in [-0.1, -0.05) is 0 Å². The second kappa shape index (κ2) is 6.19. The Kier molecular flexibility index (Phi) is 8.09. The van der Waals surface area contributed by atoms with Crippen molar-refractivity contribution in [1.29, 1.82) is 0 Å². The summed E-state index contributed by atoms with van der Waals surface area (Å²) >= 11 is 0. The Morgan fingerprint density at radius 1 is 1.60 bits per heavy atom. The molecule has 0 rings (SSSR count). The Labute approximate surface area is 61.6 Å². The molecule has 0 aromatic carbocycles. The average molecular weight is 188 g/mol. The number of hydrogen-bond acceptors (Lipinski definition) is 3. The van der Waals surface area contributed by atoms with Crippen LogP contribution in [0.25, 0.3) is 0 Å². The minimum Gasteiger partial charge on any atom is -0.359 e. The van der Waals surface area contributed by atoms with Crippen molar-refractivity contribution in [3.05, 3.63) is 0 Å². The highest BCUT2D eigenvalue weighted by Crippen LogP contribution is 2.13. The number of nitrogens with one attached hydrogen (secondary N) is 1. The third-order valence-corrected chi connectivity index (χ3v) is 1.05. The monoisotopic (exact) mass is 188 g/mol. The molecule has 0 spiro atoms. The first-order valence-corrected chi connectivity index (χ1v) is 5.98. The molecule has 8 heteroatoms. The van der Waals surface area contributed by atoms with Crippen LogP contribution < -0.4 is 21.6 Å². The van der Waals surface area contributed by atoms with E-state index < -0.39 is 15.9 Å². The van der Waals surface area contributed by atoms with Crippen molar-refractivity contribution in [2.75, 3.05) is 13.7 Å². The molecule has 0 saturated carbocycles. The molecule has 1 unspecified atom stereocenters. The van der Waals surface area contributed by atoms with E-state index in [0.717, 1.165) is 0 Å². The van der Waals surface area contributed by atoms with Gasteiger partial charge in [0.05, 0.1) is 8.30 Å². The van der Waals surface area contributed by atoms with Gasteiger partial charge in [0.15, 0.2) is 0 Å². The first kappa shape index (κ1) is 13.1. The Balaban J connectivity index is 0.